The maximum atomic E-state index is 13.4. The number of halogens is 3. The Bertz CT molecular complexity index is 4240. The van der Waals surface area contributed by atoms with Crippen LogP contribution in [-0.4, -0.2) is 71.6 Å². The molecule has 0 spiro atoms. The third-order valence-electron chi connectivity index (χ3n) is 17.5. The lowest BCUT2D eigenvalue weighted by molar-refractivity contribution is -0.122. The Balaban J connectivity index is 0.000000158. The van der Waals surface area contributed by atoms with Crippen molar-refractivity contribution in [1.29, 1.82) is 0 Å². The van der Waals surface area contributed by atoms with E-state index < -0.39 is 28.4 Å². The Morgan fingerprint density at radius 1 is 0.570 bits per heavy atom. The number of nitrogens with zero attached hydrogens (tertiary/aromatic N) is 2. The molecule has 4 aromatic heterocycles. The van der Waals surface area contributed by atoms with Crippen molar-refractivity contribution in [2.45, 2.75) is 115 Å². The molecule has 4 aliphatic rings. The van der Waals surface area contributed by atoms with Crippen LogP contribution in [0.1, 0.15) is 98.3 Å². The Hall–Kier alpha value is -6.12. The molecule has 4 N–H and O–H groups in total. The number of fused-ring (bicyclic) bond motifs is 12. The fourth-order valence-electron chi connectivity index (χ4n) is 11.6. The first-order valence-electron chi connectivity index (χ1n) is 26.8. The molecule has 0 fully saturated rings. The highest BCUT2D eigenvalue weighted by Crippen LogP contribution is 2.49. The summed E-state index contributed by atoms with van der Waals surface area (Å²) in [6, 6.07) is 28.0. The fourth-order valence-corrected chi connectivity index (χ4v) is 15.2. The number of benzene rings is 5. The van der Waals surface area contributed by atoms with Gasteiger partial charge < -0.3 is 28.0 Å². The number of rotatable bonds is 8. The molecule has 2 aliphatic carbocycles. The fraction of sp³-hybridized carbons (Fsp3) is 0.290. The Morgan fingerprint density at radius 2 is 1.09 bits per heavy atom. The van der Waals surface area contributed by atoms with Gasteiger partial charge in [0.15, 0.2) is 16.6 Å². The Labute approximate surface area is 481 Å². The molecule has 2 unspecified atom stereocenters. The summed E-state index contributed by atoms with van der Waals surface area (Å²) < 4.78 is 19.8. The number of hydrogen-bond acceptors (Lipinski definition) is 6. The minimum absolute atomic E-state index is 0.0283. The van der Waals surface area contributed by atoms with Crippen LogP contribution in [-0.2, 0) is 18.4 Å². The lowest BCUT2D eigenvalue weighted by atomic mass is 9.95. The average molecular weight is 1240 g/mol. The number of carbonyl (C=O) groups excluding carboxylic acids is 4. The zero-order chi connectivity index (χ0) is 56.0. The van der Waals surface area contributed by atoms with Crippen molar-refractivity contribution in [2.75, 3.05) is 0 Å². The van der Waals surface area contributed by atoms with Crippen LogP contribution in [0.15, 0.2) is 124 Å². The summed E-state index contributed by atoms with van der Waals surface area (Å²) in [5.74, 6) is -1.56. The molecule has 5 aromatic carbocycles. The first kappa shape index (κ1) is 53.5. The van der Waals surface area contributed by atoms with Crippen LogP contribution in [0.3, 0.4) is 0 Å². The molecule has 9 aromatic rings. The molecule has 0 saturated heterocycles. The Morgan fingerprint density at radius 3 is 1.72 bits per heavy atom. The summed E-state index contributed by atoms with van der Waals surface area (Å²) in [5.41, 5.74) is 8.33. The van der Waals surface area contributed by atoms with Gasteiger partial charge in [-0.3, -0.25) is 29.8 Å². The number of carbonyl (C=O) groups is 4. The first-order valence-corrected chi connectivity index (χ1v) is 34.5. The van der Waals surface area contributed by atoms with E-state index in [2.05, 4.69) is 172 Å². The lowest BCUT2D eigenvalue weighted by Gasteiger charge is -2.38. The number of H-pyrrole nitrogens is 2. The molecule has 17 heteroatoms. The number of amides is 4. The van der Waals surface area contributed by atoms with E-state index in [1.54, 1.807) is 0 Å². The molecule has 6 heterocycles. The number of allylic oxidation sites excluding steroid dienone is 2. The molecule has 79 heavy (non-hydrogen) atoms. The van der Waals surface area contributed by atoms with Gasteiger partial charge in [-0.15, -0.1) is 0 Å². The van der Waals surface area contributed by atoms with E-state index in [1.807, 2.05) is 72.9 Å². The third-order valence-corrected chi connectivity index (χ3v) is 27.8. The Kier molecular flexibility index (Phi) is 12.9. The number of hydrogen-bond donors (Lipinski definition) is 4. The summed E-state index contributed by atoms with van der Waals surface area (Å²) in [5, 5.41) is 10.8. The second-order valence-corrected chi connectivity index (χ2v) is 36.1. The highest BCUT2D eigenvalue weighted by atomic mass is 79.9. The largest absolute Gasteiger partial charge is 0.410 e. The van der Waals surface area contributed by atoms with Gasteiger partial charge in [-0.2, -0.15) is 0 Å². The first-order chi connectivity index (χ1) is 37.3. The minimum atomic E-state index is -1.96. The van der Waals surface area contributed by atoms with E-state index in [4.69, 9.17) is 20.5 Å². The maximum absolute atomic E-state index is 13.4. The van der Waals surface area contributed by atoms with Gasteiger partial charge in [0, 0.05) is 93.5 Å². The van der Waals surface area contributed by atoms with Gasteiger partial charge >= 0.3 is 0 Å². The van der Waals surface area contributed by atoms with Crippen LogP contribution in [0, 0.1) is 0 Å². The zero-order valence-corrected chi connectivity index (χ0v) is 51.6. The second-order valence-electron chi connectivity index (χ2n) is 24.4. The monoisotopic (exact) mass is 1230 g/mol. The predicted molar refractivity (Wildman–Crippen MR) is 331 cm³/mol. The minimum Gasteiger partial charge on any atom is -0.410 e. The van der Waals surface area contributed by atoms with Crippen molar-refractivity contribution < 1.29 is 28.0 Å². The third kappa shape index (κ3) is 8.79. The van der Waals surface area contributed by atoms with Crippen molar-refractivity contribution in [3.8, 4) is 0 Å². The van der Waals surface area contributed by atoms with Crippen molar-refractivity contribution in [3.05, 3.63) is 152 Å². The molecule has 404 valence electrons. The molecule has 4 amide bonds. The van der Waals surface area contributed by atoms with Gasteiger partial charge in [0.05, 0.1) is 57.6 Å². The lowest BCUT2D eigenvalue weighted by Crippen LogP contribution is -2.43. The van der Waals surface area contributed by atoms with Crippen molar-refractivity contribution in [3.63, 3.8) is 0 Å². The topological polar surface area (TPSA) is 152 Å². The summed E-state index contributed by atoms with van der Waals surface area (Å²) in [4.78, 5) is 60.0. The van der Waals surface area contributed by atoms with Gasteiger partial charge in [0.25, 0.3) is 23.6 Å². The van der Waals surface area contributed by atoms with E-state index in [0.29, 0.717) is 33.0 Å². The van der Waals surface area contributed by atoms with Gasteiger partial charge in [0.2, 0.25) is 0 Å². The number of nitrogens with one attached hydrogen (secondary N) is 4. The normalized spacial score (nSPS) is 19.9. The van der Waals surface area contributed by atoms with Crippen molar-refractivity contribution in [2.24, 2.45) is 0 Å². The van der Waals surface area contributed by atoms with E-state index in [-0.39, 0.29) is 51.8 Å². The standard InChI is InChI=1S/C31H31BrClN3O3Si.C31H30BrN3O3Si/c1-31(2,3)40(4,5)39-19-12-11-18(15-19)36-16-22(20-8-6-7-9-24(20)36)26-27(30(38)35-29(26)37)25-21-14-17(32)10-13-23(21)34-28(25)33;1-31(2,3)39(4,5)38-18-12-11-17(15-18)35-22-9-7-6-8-19(22)24-26-25(29(36)34-30(26)37)23-20-14-16(32)10-13-21(20)33-27(23)28(24)35/h6-14,16,18-19,34H,15H2,1-5H3,(H,35,37,38);6-14,17-18,33H,15H2,1-5H3,(H,34,36,37)/t18?,19-;17?,18-/m11/s1. The van der Waals surface area contributed by atoms with Crippen LogP contribution in [0.2, 0.25) is 41.4 Å². The zero-order valence-electron chi connectivity index (χ0n) is 45.7. The molecule has 0 radical (unpaired) electrons. The molecular formula is C62H61Br2ClN6O6Si2. The van der Waals surface area contributed by atoms with Gasteiger partial charge in [-0.1, -0.05) is 146 Å². The molecule has 4 atom stereocenters. The summed E-state index contributed by atoms with van der Waals surface area (Å²) >= 11 is 13.8. The van der Waals surface area contributed by atoms with Crippen LogP contribution in [0.5, 0.6) is 0 Å². The average Bonchev–Trinajstić information content (AvgIpc) is 2.91. The molecule has 13 rings (SSSR count). The summed E-state index contributed by atoms with van der Waals surface area (Å²) in [6.07, 6.45) is 12.5. The quantitative estimate of drug-likeness (QED) is 0.0675. The highest BCUT2D eigenvalue weighted by molar-refractivity contribution is 9.10. The van der Waals surface area contributed by atoms with Crippen LogP contribution in [0.25, 0.3) is 76.6 Å². The van der Waals surface area contributed by atoms with Crippen molar-refractivity contribution >= 4 is 160 Å². The molecule has 2 aliphatic heterocycles. The van der Waals surface area contributed by atoms with Gasteiger partial charge in [-0.25, -0.2) is 0 Å². The number of aromatic amines is 2. The maximum Gasteiger partial charge on any atom is 0.259 e. The van der Waals surface area contributed by atoms with E-state index in [1.165, 1.54) is 0 Å². The number of imide groups is 2. The van der Waals surface area contributed by atoms with E-state index >= 15 is 0 Å². The van der Waals surface area contributed by atoms with Crippen LogP contribution < -0.4 is 10.6 Å². The smallest absolute Gasteiger partial charge is 0.259 e. The van der Waals surface area contributed by atoms with E-state index in [9.17, 15) is 19.2 Å². The summed E-state index contributed by atoms with van der Waals surface area (Å²) in [6.45, 7) is 22.7. The molecule has 0 bridgehead atoms. The predicted octanol–water partition coefficient (Wildman–Crippen LogP) is 16.0. The second kappa shape index (κ2) is 19.0. The summed E-state index contributed by atoms with van der Waals surface area (Å²) in [7, 11) is -3.89. The molecule has 0 saturated carbocycles. The van der Waals surface area contributed by atoms with Gasteiger partial charge in [0.1, 0.15) is 5.15 Å². The van der Waals surface area contributed by atoms with E-state index in [0.717, 1.165) is 87.2 Å². The number of para-hydroxylation sites is 2. The van der Waals surface area contributed by atoms with Gasteiger partial charge in [-0.05, 0) is 84.8 Å². The van der Waals surface area contributed by atoms with Crippen LogP contribution in [0.4, 0.5) is 0 Å². The number of aromatic nitrogens is 4. The van der Waals surface area contributed by atoms with Crippen molar-refractivity contribution in [1.82, 2.24) is 29.7 Å². The molecular weight excluding hydrogens is 1180 g/mol. The molecule has 12 nitrogen and oxygen atoms in total. The SMILES string of the molecule is CC(C)(C)[Si](C)(C)O[C@@H]1C=CC(n2c3ccccc3c3c4c(c5c6cc(Br)ccc6[nH]c5c32)C(=O)NC4=O)C1.CC(C)(C)[Si](C)(C)O[C@@H]1C=CC(n2cc(C3=C(c4c(Cl)[nH]c5ccc(Br)cc45)C(=O)NC3=O)c3ccccc32)C1. The van der Waals surface area contributed by atoms with Crippen LogP contribution >= 0.6 is 43.5 Å². The highest BCUT2D eigenvalue weighted by Gasteiger charge is 2.43.